The molecule has 1 atom stereocenters. The van der Waals surface area contributed by atoms with Crippen LogP contribution in [0.3, 0.4) is 0 Å². The van der Waals surface area contributed by atoms with E-state index in [0.29, 0.717) is 12.5 Å². The Hall–Kier alpha value is -1.35. The number of anilines is 1. The van der Waals surface area contributed by atoms with Gasteiger partial charge in [-0.05, 0) is 50.0 Å². The van der Waals surface area contributed by atoms with Crippen LogP contribution < -0.4 is 15.5 Å². The number of nitrogens with one attached hydrogen (secondary N) is 2. The van der Waals surface area contributed by atoms with E-state index < -0.39 is 0 Å². The molecule has 0 aliphatic carbocycles. The summed E-state index contributed by atoms with van der Waals surface area (Å²) in [6, 6.07) is 8.84. The Balaban J connectivity index is 0.00000261. The van der Waals surface area contributed by atoms with Crippen LogP contribution in [0.15, 0.2) is 29.3 Å². The van der Waals surface area contributed by atoms with Crippen LogP contribution in [-0.4, -0.2) is 56.0 Å². The molecule has 150 valence electrons. The number of halogens is 1. The maximum Gasteiger partial charge on any atom is 0.227 e. The monoisotopic (exact) mass is 485 g/mol. The Morgan fingerprint density at radius 1 is 1.19 bits per heavy atom. The molecule has 0 aromatic heterocycles. The number of likely N-dealkylation sites (N-methyl/N-ethyl adjacent to an activating group) is 1. The number of nitrogens with zero attached hydrogens (tertiary/aromatic N) is 3. The Morgan fingerprint density at radius 3 is 2.59 bits per heavy atom. The van der Waals surface area contributed by atoms with Crippen LogP contribution in [0.1, 0.15) is 38.2 Å². The van der Waals surface area contributed by atoms with Gasteiger partial charge in [-0.2, -0.15) is 0 Å². The van der Waals surface area contributed by atoms with E-state index in [4.69, 9.17) is 0 Å². The number of hydrogen-bond acceptors (Lipinski definition) is 3. The van der Waals surface area contributed by atoms with Gasteiger partial charge < -0.3 is 15.5 Å². The van der Waals surface area contributed by atoms with Gasteiger partial charge in [0.05, 0.1) is 0 Å². The molecule has 2 aliphatic heterocycles. The van der Waals surface area contributed by atoms with Gasteiger partial charge in [-0.15, -0.1) is 24.0 Å². The Morgan fingerprint density at radius 2 is 1.96 bits per heavy atom. The van der Waals surface area contributed by atoms with Crippen molar-refractivity contribution in [3.63, 3.8) is 0 Å². The second-order valence-corrected chi connectivity index (χ2v) is 7.05. The lowest BCUT2D eigenvalue weighted by Crippen LogP contribution is -2.44. The number of hydrogen-bond donors (Lipinski definition) is 2. The van der Waals surface area contributed by atoms with E-state index >= 15 is 0 Å². The van der Waals surface area contributed by atoms with Crippen molar-refractivity contribution in [1.82, 2.24) is 15.5 Å². The first-order valence-corrected chi connectivity index (χ1v) is 9.79. The smallest absolute Gasteiger partial charge is 0.227 e. The number of aliphatic imine (C=N–C) groups is 1. The predicted octanol–water partition coefficient (Wildman–Crippen LogP) is 2.58. The van der Waals surface area contributed by atoms with E-state index in [1.807, 2.05) is 24.1 Å². The van der Waals surface area contributed by atoms with E-state index in [0.717, 1.165) is 44.2 Å². The molecule has 0 spiro atoms. The molecule has 0 saturated carbocycles. The molecule has 2 fully saturated rings. The molecule has 1 aromatic carbocycles. The van der Waals surface area contributed by atoms with Gasteiger partial charge in [0.1, 0.15) is 0 Å². The zero-order valence-corrected chi connectivity index (χ0v) is 18.7. The molecule has 2 heterocycles. The number of rotatable bonds is 6. The fraction of sp³-hybridized carbons (Fsp3) is 0.600. The van der Waals surface area contributed by atoms with E-state index in [1.165, 1.54) is 24.9 Å². The van der Waals surface area contributed by atoms with Crippen LogP contribution in [0.5, 0.6) is 0 Å². The van der Waals surface area contributed by atoms with Gasteiger partial charge in [0.2, 0.25) is 5.91 Å². The Labute approximate surface area is 179 Å². The molecule has 6 nitrogen and oxygen atoms in total. The molecule has 7 heteroatoms. The lowest BCUT2D eigenvalue weighted by molar-refractivity contribution is -0.117. The summed E-state index contributed by atoms with van der Waals surface area (Å²) in [5, 5.41) is 6.83. The molecule has 1 unspecified atom stereocenters. The summed E-state index contributed by atoms with van der Waals surface area (Å²) in [6.07, 6.45) is 4.18. The second-order valence-electron chi connectivity index (χ2n) is 7.05. The van der Waals surface area contributed by atoms with Crippen LogP contribution in [0, 0.1) is 0 Å². The summed E-state index contributed by atoms with van der Waals surface area (Å²) >= 11 is 0. The third kappa shape index (κ3) is 5.81. The van der Waals surface area contributed by atoms with Gasteiger partial charge in [0.25, 0.3) is 0 Å². The van der Waals surface area contributed by atoms with Gasteiger partial charge >= 0.3 is 0 Å². The highest BCUT2D eigenvalue weighted by molar-refractivity contribution is 14.0. The third-order valence-electron chi connectivity index (χ3n) is 5.42. The fourth-order valence-electron chi connectivity index (χ4n) is 3.88. The molecule has 0 radical (unpaired) electrons. The molecule has 0 bridgehead atoms. The summed E-state index contributed by atoms with van der Waals surface area (Å²) in [6.45, 7) is 7.04. The van der Waals surface area contributed by atoms with Crippen molar-refractivity contribution >= 4 is 41.5 Å². The van der Waals surface area contributed by atoms with Crippen LogP contribution in [-0.2, 0) is 11.3 Å². The second kappa shape index (κ2) is 10.8. The molecular weight excluding hydrogens is 453 g/mol. The maximum atomic E-state index is 11.8. The van der Waals surface area contributed by atoms with Crippen molar-refractivity contribution in [2.75, 3.05) is 38.1 Å². The Kier molecular flexibility index (Phi) is 8.82. The lowest BCUT2D eigenvalue weighted by atomic mass is 10.2. The van der Waals surface area contributed by atoms with Crippen LogP contribution >= 0.6 is 24.0 Å². The largest absolute Gasteiger partial charge is 0.355 e. The van der Waals surface area contributed by atoms with Crippen LogP contribution in [0.2, 0.25) is 0 Å². The number of amides is 1. The number of carbonyl (C=O) groups excluding carboxylic acids is 1. The number of benzene rings is 1. The van der Waals surface area contributed by atoms with Gasteiger partial charge in [-0.1, -0.05) is 19.1 Å². The van der Waals surface area contributed by atoms with Gasteiger partial charge in [0.15, 0.2) is 5.96 Å². The minimum Gasteiger partial charge on any atom is -0.355 e. The van der Waals surface area contributed by atoms with Crippen molar-refractivity contribution in [2.24, 2.45) is 4.99 Å². The van der Waals surface area contributed by atoms with E-state index in [-0.39, 0.29) is 29.9 Å². The molecule has 2 N–H and O–H groups in total. The van der Waals surface area contributed by atoms with Crippen molar-refractivity contribution < 1.29 is 4.79 Å². The molecule has 27 heavy (non-hydrogen) atoms. The normalized spacial score (nSPS) is 20.7. The molecule has 1 amide bonds. The first kappa shape index (κ1) is 21.9. The lowest BCUT2D eigenvalue weighted by Gasteiger charge is -2.24. The highest BCUT2D eigenvalue weighted by Gasteiger charge is 2.23. The maximum absolute atomic E-state index is 11.8. The zero-order valence-electron chi connectivity index (χ0n) is 16.4. The summed E-state index contributed by atoms with van der Waals surface area (Å²) in [4.78, 5) is 20.6. The predicted molar refractivity (Wildman–Crippen MR) is 122 cm³/mol. The number of guanidine groups is 1. The van der Waals surface area contributed by atoms with Gasteiger partial charge in [-0.3, -0.25) is 14.7 Å². The number of likely N-dealkylation sites (tertiary alicyclic amines) is 1. The molecular formula is C20H32IN5O. The Bertz CT molecular complexity index is 634. The van der Waals surface area contributed by atoms with E-state index in [1.54, 1.807) is 0 Å². The van der Waals surface area contributed by atoms with Crippen molar-refractivity contribution in [3.05, 3.63) is 29.8 Å². The molecule has 2 aliphatic rings. The summed E-state index contributed by atoms with van der Waals surface area (Å²) < 4.78 is 0. The van der Waals surface area contributed by atoms with Crippen molar-refractivity contribution in [2.45, 2.75) is 45.2 Å². The first-order valence-electron chi connectivity index (χ1n) is 9.79. The molecule has 1 aromatic rings. The summed E-state index contributed by atoms with van der Waals surface area (Å²) in [5.41, 5.74) is 2.18. The topological polar surface area (TPSA) is 60.0 Å². The molecule has 3 rings (SSSR count). The summed E-state index contributed by atoms with van der Waals surface area (Å²) in [7, 11) is 1.81. The third-order valence-corrected chi connectivity index (χ3v) is 5.42. The van der Waals surface area contributed by atoms with Gasteiger partial charge in [-0.25, -0.2) is 0 Å². The highest BCUT2D eigenvalue weighted by atomic mass is 127. The van der Waals surface area contributed by atoms with E-state index in [2.05, 4.69) is 39.6 Å². The number of carbonyl (C=O) groups is 1. The average molecular weight is 485 g/mol. The minimum absolute atomic E-state index is 0. The summed E-state index contributed by atoms with van der Waals surface area (Å²) in [5.74, 6) is 1.07. The minimum atomic E-state index is 0. The fourth-order valence-corrected chi connectivity index (χ4v) is 3.88. The van der Waals surface area contributed by atoms with Crippen molar-refractivity contribution in [3.8, 4) is 0 Å². The quantitative estimate of drug-likeness (QED) is 0.370. The zero-order chi connectivity index (χ0) is 18.4. The standard InChI is InChI=1S/C20H31N5O.HI/c1-3-24-12-4-6-18(24)15-23-20(21-2)22-14-16-8-10-17(11-9-16)25-13-5-7-19(25)26;/h8-11,18H,3-7,12-15H2,1-2H3,(H2,21,22,23);1H. The first-order chi connectivity index (χ1) is 12.7. The van der Waals surface area contributed by atoms with E-state index in [9.17, 15) is 4.79 Å². The highest BCUT2D eigenvalue weighted by Crippen LogP contribution is 2.21. The van der Waals surface area contributed by atoms with Crippen LogP contribution in [0.25, 0.3) is 0 Å². The average Bonchev–Trinajstić information content (AvgIpc) is 3.31. The van der Waals surface area contributed by atoms with Crippen LogP contribution in [0.4, 0.5) is 5.69 Å². The SMILES string of the molecule is CCN1CCCC1CNC(=NC)NCc1ccc(N2CCCC2=O)cc1.I. The van der Waals surface area contributed by atoms with Crippen molar-refractivity contribution in [1.29, 1.82) is 0 Å². The van der Waals surface area contributed by atoms with Gasteiger partial charge in [0, 0.05) is 44.8 Å². The molecule has 2 saturated heterocycles.